The number of hydrogen-bond donors (Lipinski definition) is 0. The second kappa shape index (κ2) is 6.49. The summed E-state index contributed by atoms with van der Waals surface area (Å²) in [7, 11) is 0. The van der Waals surface area contributed by atoms with Crippen molar-refractivity contribution in [2.75, 3.05) is 0 Å². The number of hydrogen-bond acceptors (Lipinski definition) is 2. The summed E-state index contributed by atoms with van der Waals surface area (Å²) in [6.07, 6.45) is 2.17. The lowest BCUT2D eigenvalue weighted by atomic mass is 10.1. The number of benzene rings is 1. The van der Waals surface area contributed by atoms with Gasteiger partial charge in [0.05, 0.1) is 0 Å². The van der Waals surface area contributed by atoms with E-state index < -0.39 is 40.6 Å². The molecule has 0 bridgehead atoms. The van der Waals surface area contributed by atoms with E-state index in [-0.39, 0.29) is 12.2 Å². The molecule has 0 aliphatic heterocycles. The molecular formula is C13H11F5O2. The Bertz CT molecular complexity index is 537. The molecule has 0 N–H and O–H groups in total. The van der Waals surface area contributed by atoms with Crippen LogP contribution in [0.15, 0.2) is 11.8 Å². The minimum Gasteiger partial charge on any atom is -0.428 e. The van der Waals surface area contributed by atoms with E-state index in [1.807, 2.05) is 0 Å². The van der Waals surface area contributed by atoms with E-state index in [4.69, 9.17) is 0 Å². The van der Waals surface area contributed by atoms with E-state index in [2.05, 4.69) is 4.74 Å². The number of carbonyl (C=O) groups is 1. The van der Waals surface area contributed by atoms with Crippen molar-refractivity contribution in [3.63, 3.8) is 0 Å². The van der Waals surface area contributed by atoms with Crippen molar-refractivity contribution in [3.8, 4) is 0 Å². The fourth-order valence-electron chi connectivity index (χ4n) is 1.44. The van der Waals surface area contributed by atoms with Crippen LogP contribution < -0.4 is 0 Å². The first-order valence-corrected chi connectivity index (χ1v) is 5.77. The van der Waals surface area contributed by atoms with Crippen LogP contribution in [0.1, 0.15) is 37.0 Å². The lowest BCUT2D eigenvalue weighted by Crippen LogP contribution is -2.15. The van der Waals surface area contributed by atoms with Gasteiger partial charge in [0.1, 0.15) is 11.3 Å². The second-order valence-electron chi connectivity index (χ2n) is 3.77. The van der Waals surface area contributed by atoms with E-state index in [0.717, 1.165) is 0 Å². The van der Waals surface area contributed by atoms with Crippen LogP contribution in [0.5, 0.6) is 0 Å². The SMILES string of the molecule is CC/C=C(/CC)OC(=O)c1c(F)c(F)c(F)c(F)c1F. The van der Waals surface area contributed by atoms with Crippen LogP contribution in [0.2, 0.25) is 0 Å². The minimum atomic E-state index is -2.32. The smallest absolute Gasteiger partial charge is 0.349 e. The number of allylic oxidation sites excluding steroid dienone is 2. The maximum absolute atomic E-state index is 13.4. The molecule has 0 aliphatic rings. The predicted octanol–water partition coefficient (Wildman–Crippen LogP) is 4.24. The highest BCUT2D eigenvalue weighted by molar-refractivity contribution is 5.90. The quantitative estimate of drug-likeness (QED) is 0.273. The van der Waals surface area contributed by atoms with Crippen LogP contribution in [0, 0.1) is 29.1 Å². The molecule has 0 unspecified atom stereocenters. The molecule has 0 spiro atoms. The Morgan fingerprint density at radius 1 is 0.950 bits per heavy atom. The largest absolute Gasteiger partial charge is 0.428 e. The van der Waals surface area contributed by atoms with Gasteiger partial charge in [0.25, 0.3) is 0 Å². The number of carbonyl (C=O) groups excluding carboxylic acids is 1. The molecule has 0 aromatic heterocycles. The molecule has 1 aromatic rings. The van der Waals surface area contributed by atoms with Gasteiger partial charge in [0.15, 0.2) is 23.3 Å². The lowest BCUT2D eigenvalue weighted by Gasteiger charge is -2.09. The summed E-state index contributed by atoms with van der Waals surface area (Å²) in [4.78, 5) is 11.5. The molecule has 20 heavy (non-hydrogen) atoms. The first kappa shape index (κ1) is 16.1. The van der Waals surface area contributed by atoms with Crippen LogP contribution in [0.25, 0.3) is 0 Å². The van der Waals surface area contributed by atoms with Crippen molar-refractivity contribution in [3.05, 3.63) is 46.5 Å². The average molecular weight is 294 g/mol. The molecule has 0 aliphatic carbocycles. The molecule has 1 aromatic carbocycles. The lowest BCUT2D eigenvalue weighted by molar-refractivity contribution is 0.0600. The molecule has 0 atom stereocenters. The molecule has 0 amide bonds. The van der Waals surface area contributed by atoms with Crippen LogP contribution >= 0.6 is 0 Å². The number of ether oxygens (including phenoxy) is 1. The molecule has 110 valence electrons. The van der Waals surface area contributed by atoms with Gasteiger partial charge in [-0.05, 0) is 12.5 Å². The molecule has 0 saturated carbocycles. The second-order valence-corrected chi connectivity index (χ2v) is 3.77. The maximum atomic E-state index is 13.4. The van der Waals surface area contributed by atoms with Crippen LogP contribution in [-0.4, -0.2) is 5.97 Å². The molecule has 0 heterocycles. The highest BCUT2D eigenvalue weighted by Gasteiger charge is 2.31. The van der Waals surface area contributed by atoms with Gasteiger partial charge in [-0.1, -0.05) is 13.8 Å². The third kappa shape index (κ3) is 2.97. The van der Waals surface area contributed by atoms with Gasteiger partial charge in [-0.3, -0.25) is 0 Å². The van der Waals surface area contributed by atoms with Gasteiger partial charge in [-0.2, -0.15) is 0 Å². The standard InChI is InChI=1S/C13H11F5O2/c1-3-5-6(4-2)20-13(19)7-8(14)10(16)12(18)11(17)9(7)15/h5H,3-4H2,1-2H3/b6-5-. The Hall–Kier alpha value is -1.92. The third-order valence-corrected chi connectivity index (χ3v) is 2.42. The Kier molecular flexibility index (Phi) is 5.24. The molecule has 0 saturated heterocycles. The van der Waals surface area contributed by atoms with Crippen molar-refractivity contribution in [2.45, 2.75) is 26.7 Å². The topological polar surface area (TPSA) is 26.3 Å². The number of rotatable bonds is 4. The van der Waals surface area contributed by atoms with E-state index in [9.17, 15) is 26.7 Å². The van der Waals surface area contributed by atoms with Gasteiger partial charge in [0.2, 0.25) is 5.82 Å². The van der Waals surface area contributed by atoms with Crippen LogP contribution in [0.3, 0.4) is 0 Å². The Labute approximate surface area is 111 Å². The van der Waals surface area contributed by atoms with Crippen molar-refractivity contribution >= 4 is 5.97 Å². The molecule has 0 fully saturated rings. The third-order valence-electron chi connectivity index (χ3n) is 2.42. The van der Waals surface area contributed by atoms with Crippen molar-refractivity contribution < 1.29 is 31.5 Å². The Morgan fingerprint density at radius 3 is 1.80 bits per heavy atom. The predicted molar refractivity (Wildman–Crippen MR) is 60.3 cm³/mol. The fraction of sp³-hybridized carbons (Fsp3) is 0.308. The zero-order valence-electron chi connectivity index (χ0n) is 10.7. The van der Waals surface area contributed by atoms with E-state index in [0.29, 0.717) is 6.42 Å². The summed E-state index contributed by atoms with van der Waals surface area (Å²) in [6.45, 7) is 3.33. The summed E-state index contributed by atoms with van der Waals surface area (Å²) < 4.78 is 70.0. The first-order chi connectivity index (χ1) is 9.34. The van der Waals surface area contributed by atoms with E-state index in [1.54, 1.807) is 13.8 Å². The summed E-state index contributed by atoms with van der Waals surface area (Å²) in [5, 5.41) is 0. The highest BCUT2D eigenvalue weighted by Crippen LogP contribution is 2.24. The zero-order valence-corrected chi connectivity index (χ0v) is 10.7. The highest BCUT2D eigenvalue weighted by atomic mass is 19.2. The van der Waals surface area contributed by atoms with Gasteiger partial charge in [-0.15, -0.1) is 0 Å². The maximum Gasteiger partial charge on any atom is 0.349 e. The van der Waals surface area contributed by atoms with Crippen molar-refractivity contribution in [1.29, 1.82) is 0 Å². The van der Waals surface area contributed by atoms with Gasteiger partial charge < -0.3 is 4.74 Å². The molecule has 7 heteroatoms. The average Bonchev–Trinajstić information content (AvgIpc) is 2.42. The van der Waals surface area contributed by atoms with Crippen LogP contribution in [-0.2, 0) is 4.74 Å². The summed E-state index contributed by atoms with van der Waals surface area (Å²) in [6, 6.07) is 0. The Balaban J connectivity index is 3.27. The summed E-state index contributed by atoms with van der Waals surface area (Å²) in [5.41, 5.74) is -1.60. The van der Waals surface area contributed by atoms with Gasteiger partial charge in [0, 0.05) is 6.42 Å². The molecular weight excluding hydrogens is 283 g/mol. The molecule has 0 radical (unpaired) electrons. The van der Waals surface area contributed by atoms with Gasteiger partial charge in [-0.25, -0.2) is 26.7 Å². The zero-order chi connectivity index (χ0) is 15.4. The summed E-state index contributed by atoms with van der Waals surface area (Å²) in [5.74, 6) is -12.7. The van der Waals surface area contributed by atoms with E-state index in [1.165, 1.54) is 6.08 Å². The van der Waals surface area contributed by atoms with Crippen LogP contribution in [0.4, 0.5) is 22.0 Å². The monoisotopic (exact) mass is 294 g/mol. The summed E-state index contributed by atoms with van der Waals surface area (Å²) >= 11 is 0. The Morgan fingerprint density at radius 2 is 1.40 bits per heavy atom. The first-order valence-electron chi connectivity index (χ1n) is 5.77. The number of esters is 1. The normalized spacial score (nSPS) is 11.7. The fourth-order valence-corrected chi connectivity index (χ4v) is 1.44. The van der Waals surface area contributed by atoms with Gasteiger partial charge >= 0.3 is 5.97 Å². The molecule has 2 nitrogen and oxygen atoms in total. The van der Waals surface area contributed by atoms with Crippen molar-refractivity contribution in [1.82, 2.24) is 0 Å². The van der Waals surface area contributed by atoms with E-state index >= 15 is 0 Å². The minimum absolute atomic E-state index is 0.0847. The van der Waals surface area contributed by atoms with Crippen molar-refractivity contribution in [2.24, 2.45) is 0 Å². The number of halogens is 5. The molecule has 1 rings (SSSR count).